The quantitative estimate of drug-likeness (QED) is 0.0661. The van der Waals surface area contributed by atoms with E-state index in [4.69, 9.17) is 47.6 Å². The Balaban J connectivity index is -0.000000144. The predicted octanol–water partition coefficient (Wildman–Crippen LogP) is 1.99. The van der Waals surface area contributed by atoms with Crippen LogP contribution in [0.25, 0.3) is 0 Å². The third kappa shape index (κ3) is 46.3. The minimum Gasteiger partial charge on any atom is -0.481 e. The Morgan fingerprint density at radius 1 is 0.679 bits per heavy atom. The monoisotopic (exact) mass is 796 g/mol. The summed E-state index contributed by atoms with van der Waals surface area (Å²) in [5, 5.41) is 59.5. The third-order valence-electron chi connectivity index (χ3n) is 6.49. The molecule has 53 heavy (non-hydrogen) atoms. The van der Waals surface area contributed by atoms with Gasteiger partial charge < -0.3 is 46.4 Å². The molecule has 0 rings (SSSR count). The van der Waals surface area contributed by atoms with E-state index in [0.717, 1.165) is 29.2 Å². The Morgan fingerprint density at radius 3 is 1.15 bits per heavy atom. The molecule has 0 heterocycles. The SMILES string of the molecule is CC(=O)O.CCCCC(C(=O)O)N(CC(=O)O)CC(=O)O.CCCCC(C)N(CC)CC.CNS.NCCC(C(=O)O)N(CC(=O)O)CC(=O)O.[2H]CF. The van der Waals surface area contributed by atoms with Gasteiger partial charge in [0.1, 0.15) is 12.1 Å². The number of unbranched alkanes of at least 4 members (excludes halogenated alkanes) is 2. The molecule has 10 N–H and O–H groups in total. The smallest absolute Gasteiger partial charge is 0.320 e. The molecule has 19 nitrogen and oxygen atoms in total. The van der Waals surface area contributed by atoms with Gasteiger partial charge in [-0.25, -0.2) is 0 Å². The van der Waals surface area contributed by atoms with Crippen molar-refractivity contribution >= 4 is 54.6 Å². The summed E-state index contributed by atoms with van der Waals surface area (Å²) in [5.74, 6) is -8.37. The van der Waals surface area contributed by atoms with Crippen molar-refractivity contribution < 1.29 is 75.1 Å². The van der Waals surface area contributed by atoms with Gasteiger partial charge >= 0.3 is 35.8 Å². The van der Waals surface area contributed by atoms with E-state index in [1.54, 1.807) is 7.05 Å². The molecule has 0 aliphatic rings. The van der Waals surface area contributed by atoms with Gasteiger partial charge in [-0.1, -0.05) is 66.2 Å². The molecule has 316 valence electrons. The highest BCUT2D eigenvalue weighted by Gasteiger charge is 2.29. The van der Waals surface area contributed by atoms with Crippen LogP contribution in [0.4, 0.5) is 4.39 Å². The van der Waals surface area contributed by atoms with E-state index in [1.165, 1.54) is 32.4 Å². The van der Waals surface area contributed by atoms with E-state index in [-0.39, 0.29) is 19.4 Å². The van der Waals surface area contributed by atoms with E-state index < -0.39 is 87.2 Å². The first kappa shape index (κ1) is 58.7. The Morgan fingerprint density at radius 2 is 0.943 bits per heavy atom. The van der Waals surface area contributed by atoms with Crippen molar-refractivity contribution in [2.75, 3.05) is 60.0 Å². The van der Waals surface area contributed by atoms with Crippen molar-refractivity contribution in [3.05, 3.63) is 0 Å². The number of nitrogens with zero attached hydrogens (tertiary/aromatic N) is 3. The summed E-state index contributed by atoms with van der Waals surface area (Å²) in [6.45, 7) is 12.0. The van der Waals surface area contributed by atoms with Crippen molar-refractivity contribution in [2.45, 2.75) is 105 Å². The average molecular weight is 797 g/mol. The van der Waals surface area contributed by atoms with Crippen LogP contribution in [0.1, 0.15) is 87.9 Å². The summed E-state index contributed by atoms with van der Waals surface area (Å²) in [6.07, 6.45) is 5.66. The third-order valence-corrected chi connectivity index (χ3v) is 6.49. The molecular weight excluding hydrogens is 729 g/mol. The van der Waals surface area contributed by atoms with E-state index in [1.807, 2.05) is 6.92 Å². The number of nitrogens with one attached hydrogen (secondary N) is 1. The normalized spacial score (nSPS) is 11.8. The van der Waals surface area contributed by atoms with Crippen molar-refractivity contribution in [2.24, 2.45) is 5.73 Å². The van der Waals surface area contributed by atoms with Crippen LogP contribution in [-0.2, 0) is 33.6 Å². The van der Waals surface area contributed by atoms with Crippen LogP contribution in [-0.4, -0.2) is 170 Å². The lowest BCUT2D eigenvalue weighted by Crippen LogP contribution is -2.47. The zero-order valence-electron chi connectivity index (χ0n) is 33.1. The molecule has 0 saturated heterocycles. The van der Waals surface area contributed by atoms with Gasteiger partial charge in [-0.05, 0) is 52.9 Å². The number of hydrogen-bond acceptors (Lipinski definition) is 13. The van der Waals surface area contributed by atoms with Crippen LogP contribution in [0, 0.1) is 0 Å². The molecule has 3 unspecified atom stereocenters. The molecule has 0 spiro atoms. The maximum atomic E-state index is 11.0. The molecule has 0 aliphatic heterocycles. The van der Waals surface area contributed by atoms with Crippen LogP contribution in [0.3, 0.4) is 0 Å². The van der Waals surface area contributed by atoms with Gasteiger partial charge in [-0.3, -0.25) is 52.5 Å². The second-order valence-electron chi connectivity index (χ2n) is 10.8. The van der Waals surface area contributed by atoms with Gasteiger partial charge in [0.2, 0.25) is 0 Å². The number of carboxylic acid groups (broad SMARTS) is 7. The molecule has 0 aromatic rings. The number of hydrogen-bond donors (Lipinski definition) is 10. The minimum atomic E-state index is -1.29. The van der Waals surface area contributed by atoms with Crippen molar-refractivity contribution in [1.29, 1.82) is 0 Å². The summed E-state index contributed by atoms with van der Waals surface area (Å²) in [4.78, 5) is 77.2. The fourth-order valence-corrected chi connectivity index (χ4v) is 4.26. The van der Waals surface area contributed by atoms with Gasteiger partial charge in [-0.2, -0.15) is 0 Å². The fraction of sp³-hybridized carbons (Fsp3) is 0.781. The fourth-order valence-electron chi connectivity index (χ4n) is 4.26. The Bertz CT molecular complexity index is 966. The second-order valence-corrected chi connectivity index (χ2v) is 11.2. The van der Waals surface area contributed by atoms with Gasteiger partial charge in [0.05, 0.1) is 34.7 Å². The van der Waals surface area contributed by atoms with Crippen LogP contribution >= 0.6 is 12.8 Å². The highest BCUT2D eigenvalue weighted by Crippen LogP contribution is 2.10. The topological polar surface area (TPSA) is 309 Å². The lowest BCUT2D eigenvalue weighted by atomic mass is 10.1. The van der Waals surface area contributed by atoms with Gasteiger partial charge in [-0.15, -0.1) is 0 Å². The highest BCUT2D eigenvalue weighted by atomic mass is 32.1. The average Bonchev–Trinajstić information content (AvgIpc) is 3.03. The molecule has 0 radical (unpaired) electrons. The number of carboxylic acids is 7. The Hall–Kier alpha value is -3.63. The summed E-state index contributed by atoms with van der Waals surface area (Å²) < 4.78 is 17.9. The minimum absolute atomic E-state index is 0.00407. The van der Waals surface area contributed by atoms with Crippen molar-refractivity contribution in [3.63, 3.8) is 0 Å². The van der Waals surface area contributed by atoms with E-state index >= 15 is 0 Å². The second kappa shape index (κ2) is 42.8. The first-order valence-corrected chi connectivity index (χ1v) is 17.1. The Labute approximate surface area is 319 Å². The highest BCUT2D eigenvalue weighted by molar-refractivity contribution is 7.78. The van der Waals surface area contributed by atoms with Gasteiger partial charge in [0, 0.05) is 13.0 Å². The van der Waals surface area contributed by atoms with Gasteiger partial charge in [0.25, 0.3) is 5.97 Å². The maximum absolute atomic E-state index is 11.0. The van der Waals surface area contributed by atoms with Crippen LogP contribution in [0.2, 0.25) is 0 Å². The molecule has 0 saturated carbocycles. The molecule has 0 aromatic carbocycles. The molecule has 21 heteroatoms. The molecule has 0 fully saturated rings. The number of halogens is 1. The molecule has 0 aliphatic carbocycles. The standard InChI is InChI=1S/C10H17NO6.C10H23N.C8H14N2O6.C2H4O2.CH3F.CH5NS/c1-2-3-4-7(10(16)17)11(5-8(12)13)6-9(14)15;1-5-8-9-10(4)11(6-2)7-3;9-2-1-5(8(15)16)10(3-6(11)12)4-7(13)14;1-2(3)4;1-2;1-2-3/h7H,2-6H2,1H3,(H,12,13)(H,14,15)(H,16,17);10H,5-9H2,1-4H3;5H,1-4,9H2,(H,11,12)(H,13,14)(H,15,16);1H3,(H,3,4);1H3;2-3H,1H3/i;;;;1D;. The molecule has 3 atom stereocenters. The van der Waals surface area contributed by atoms with E-state index in [2.05, 4.69) is 50.1 Å². The first-order valence-electron chi connectivity index (χ1n) is 17.4. The van der Waals surface area contributed by atoms with Crippen LogP contribution in [0.5, 0.6) is 0 Å². The van der Waals surface area contributed by atoms with Crippen LogP contribution in [0.15, 0.2) is 0 Å². The van der Waals surface area contributed by atoms with E-state index in [0.29, 0.717) is 6.42 Å². The largest absolute Gasteiger partial charge is 0.481 e. The molecule has 0 amide bonds. The Kier molecular flexibility index (Phi) is 47.4. The summed E-state index contributed by atoms with van der Waals surface area (Å²) >= 11 is 3.54. The molecule has 0 aromatic heterocycles. The number of carbonyl (C=O) groups is 7. The van der Waals surface area contributed by atoms with E-state index in [9.17, 15) is 33.2 Å². The lowest BCUT2D eigenvalue weighted by molar-refractivity contribution is -0.152. The van der Waals surface area contributed by atoms with Crippen molar-refractivity contribution in [1.82, 2.24) is 19.4 Å². The number of aliphatic carboxylic acids is 7. The summed E-state index contributed by atoms with van der Waals surface area (Å²) in [5.41, 5.74) is 5.18. The summed E-state index contributed by atoms with van der Waals surface area (Å²) in [7, 11) is 0.739. The predicted molar refractivity (Wildman–Crippen MR) is 200 cm³/mol. The lowest BCUT2D eigenvalue weighted by Gasteiger charge is -2.26. The van der Waals surface area contributed by atoms with Crippen molar-refractivity contribution in [3.8, 4) is 0 Å². The summed E-state index contributed by atoms with van der Waals surface area (Å²) in [6, 6.07) is -1.48. The number of alkyl halides is 1. The number of thiol groups is 1. The van der Waals surface area contributed by atoms with Crippen LogP contribution < -0.4 is 10.5 Å². The number of rotatable bonds is 23. The van der Waals surface area contributed by atoms with Gasteiger partial charge in [0.15, 0.2) is 0 Å². The molecule has 0 bridgehead atoms. The molecular formula is C32H66FN5O14S. The zero-order chi connectivity index (χ0) is 43.8. The first-order chi connectivity index (χ1) is 25.1. The zero-order valence-corrected chi connectivity index (χ0v) is 33.0. The maximum Gasteiger partial charge on any atom is 0.320 e. The number of nitrogens with two attached hydrogens (primary N) is 1.